The zero-order valence-electron chi connectivity index (χ0n) is 22.0. The number of likely N-dealkylation sites (tertiary alicyclic amines) is 1. The minimum atomic E-state index is -5.48. The molecule has 0 saturated carbocycles. The highest BCUT2D eigenvalue weighted by Gasteiger charge is 2.47. The summed E-state index contributed by atoms with van der Waals surface area (Å²) in [4.78, 5) is 13.9. The first-order valence-electron chi connectivity index (χ1n) is 12.6. The molecular weight excluding hydrogens is 635 g/mol. The third-order valence-corrected chi connectivity index (χ3v) is 12.1. The highest BCUT2D eigenvalue weighted by atomic mass is 35.5. The molecule has 42 heavy (non-hydrogen) atoms. The number of hydrogen-bond donors (Lipinski definition) is 2. The first kappa shape index (κ1) is 32.0. The van der Waals surface area contributed by atoms with Crippen LogP contribution in [-0.4, -0.2) is 57.7 Å². The molecule has 1 aliphatic heterocycles. The molecule has 4 rings (SSSR count). The van der Waals surface area contributed by atoms with Crippen LogP contribution < -0.4 is 10.6 Å². The van der Waals surface area contributed by atoms with Gasteiger partial charge in [0.1, 0.15) is 9.58 Å². The average Bonchev–Trinajstić information content (AvgIpc) is 3.43. The zero-order valence-corrected chi connectivity index (χ0v) is 25.2. The third kappa shape index (κ3) is 7.17. The van der Waals surface area contributed by atoms with Gasteiger partial charge < -0.3 is 10.6 Å². The molecule has 1 amide bonds. The number of nitrogens with zero attached hydrogens (tertiary/aromatic N) is 1. The number of sulfone groups is 2. The van der Waals surface area contributed by atoms with Crippen molar-refractivity contribution in [1.82, 2.24) is 10.2 Å². The highest BCUT2D eigenvalue weighted by molar-refractivity contribution is 7.94. The Morgan fingerprint density at radius 3 is 2.36 bits per heavy atom. The number of rotatable bonds is 10. The normalized spacial score (nSPS) is 16.1. The predicted molar refractivity (Wildman–Crippen MR) is 156 cm³/mol. The van der Waals surface area contributed by atoms with Crippen molar-refractivity contribution in [2.45, 2.75) is 45.4 Å². The predicted octanol–water partition coefficient (Wildman–Crippen LogP) is 5.49. The molecule has 0 radical (unpaired) electrons. The van der Waals surface area contributed by atoms with E-state index in [0.717, 1.165) is 23.5 Å². The van der Waals surface area contributed by atoms with E-state index in [4.69, 9.17) is 11.6 Å². The van der Waals surface area contributed by atoms with Crippen molar-refractivity contribution in [3.05, 3.63) is 88.8 Å². The highest BCUT2D eigenvalue weighted by Crippen LogP contribution is 2.32. The second-order valence-corrected chi connectivity index (χ2v) is 15.3. The Morgan fingerprint density at radius 2 is 1.74 bits per heavy atom. The number of amides is 1. The van der Waals surface area contributed by atoms with Crippen LogP contribution in [0.3, 0.4) is 0 Å². The maximum Gasteiger partial charge on any atom is 0.501 e. The van der Waals surface area contributed by atoms with Crippen LogP contribution in [0.1, 0.15) is 28.1 Å². The molecule has 15 heteroatoms. The molecule has 1 fully saturated rings. The van der Waals surface area contributed by atoms with E-state index in [2.05, 4.69) is 17.2 Å². The molecule has 226 valence electrons. The SMILES string of the molecule is C=CC(N1CCC(Nc2cccc(S(=O)(=O)C(F)(F)F)c2)CC1)S(=O)(=O)c1ccc(CNC(=O)c2ccc(Cl)cc2)s1. The van der Waals surface area contributed by atoms with Gasteiger partial charge in [0.25, 0.3) is 15.7 Å². The number of thiophene rings is 1. The van der Waals surface area contributed by atoms with E-state index in [0.29, 0.717) is 41.4 Å². The first-order chi connectivity index (χ1) is 19.7. The van der Waals surface area contributed by atoms with Gasteiger partial charge in [-0.25, -0.2) is 16.8 Å². The molecule has 0 spiro atoms. The molecule has 0 bridgehead atoms. The number of anilines is 1. The van der Waals surface area contributed by atoms with Gasteiger partial charge in [0.2, 0.25) is 9.84 Å². The number of carbonyl (C=O) groups excluding carboxylic acids is 1. The minimum Gasteiger partial charge on any atom is -0.382 e. The summed E-state index contributed by atoms with van der Waals surface area (Å²) in [6, 6.07) is 13.8. The summed E-state index contributed by atoms with van der Waals surface area (Å²) in [6.07, 6.45) is 2.28. The summed E-state index contributed by atoms with van der Waals surface area (Å²) in [6.45, 7) is 4.57. The smallest absolute Gasteiger partial charge is 0.382 e. The van der Waals surface area contributed by atoms with E-state index in [1.165, 1.54) is 24.3 Å². The van der Waals surface area contributed by atoms with Crippen LogP contribution in [0.15, 0.2) is 82.4 Å². The summed E-state index contributed by atoms with van der Waals surface area (Å²) in [7, 11) is -9.31. The van der Waals surface area contributed by atoms with Crippen LogP contribution in [0.2, 0.25) is 5.02 Å². The van der Waals surface area contributed by atoms with E-state index in [-0.39, 0.29) is 28.4 Å². The largest absolute Gasteiger partial charge is 0.501 e. The van der Waals surface area contributed by atoms with E-state index in [9.17, 15) is 34.8 Å². The van der Waals surface area contributed by atoms with Crippen LogP contribution in [0.4, 0.5) is 18.9 Å². The Kier molecular flexibility index (Phi) is 9.72. The number of piperidine rings is 1. The average molecular weight is 662 g/mol. The van der Waals surface area contributed by atoms with Crippen molar-refractivity contribution in [2.24, 2.45) is 0 Å². The summed E-state index contributed by atoms with van der Waals surface area (Å²) in [5.41, 5.74) is -4.76. The molecule has 1 atom stereocenters. The van der Waals surface area contributed by atoms with Gasteiger partial charge in [-0.3, -0.25) is 9.69 Å². The van der Waals surface area contributed by atoms with Gasteiger partial charge in [0, 0.05) is 40.3 Å². The Labute approximate surface area is 251 Å². The summed E-state index contributed by atoms with van der Waals surface area (Å²) >= 11 is 6.90. The van der Waals surface area contributed by atoms with Gasteiger partial charge in [-0.1, -0.05) is 23.7 Å². The van der Waals surface area contributed by atoms with Crippen LogP contribution in [0.25, 0.3) is 0 Å². The molecule has 1 aromatic heterocycles. The van der Waals surface area contributed by atoms with Crippen LogP contribution >= 0.6 is 22.9 Å². The molecule has 8 nitrogen and oxygen atoms in total. The molecule has 2 aromatic carbocycles. The maximum absolute atomic E-state index is 13.5. The first-order valence-corrected chi connectivity index (χ1v) is 16.9. The lowest BCUT2D eigenvalue weighted by Gasteiger charge is -2.36. The van der Waals surface area contributed by atoms with Crippen LogP contribution in [0.5, 0.6) is 0 Å². The lowest BCUT2D eigenvalue weighted by molar-refractivity contribution is -0.0436. The standard InChI is InChI=1S/C27H27ClF3N3O5S3/c1-2-24(41(36,37)25-11-10-22(40-25)17-32-26(35)18-6-8-19(28)9-7-18)34-14-12-20(13-15-34)33-21-4-3-5-23(16-21)42(38,39)27(29,30)31/h2-11,16,20,24,33H,1,12-15,17H2,(H,32,35). The Hall–Kier alpha value is -2.91. The summed E-state index contributed by atoms with van der Waals surface area (Å²) in [5, 5.41) is 5.32. The third-order valence-electron chi connectivity index (χ3n) is 6.68. The maximum atomic E-state index is 13.5. The van der Waals surface area contributed by atoms with Gasteiger partial charge in [-0.15, -0.1) is 17.9 Å². The van der Waals surface area contributed by atoms with E-state index >= 15 is 0 Å². The lowest BCUT2D eigenvalue weighted by atomic mass is 10.0. The number of nitrogens with one attached hydrogen (secondary N) is 2. The van der Waals surface area contributed by atoms with Crippen molar-refractivity contribution in [1.29, 1.82) is 0 Å². The number of carbonyl (C=O) groups is 1. The monoisotopic (exact) mass is 661 g/mol. The molecule has 2 N–H and O–H groups in total. The van der Waals surface area contributed by atoms with E-state index < -0.39 is 35.5 Å². The second-order valence-electron chi connectivity index (χ2n) is 9.51. The van der Waals surface area contributed by atoms with Crippen LogP contribution in [-0.2, 0) is 26.2 Å². The Bertz CT molecular complexity index is 1650. The van der Waals surface area contributed by atoms with E-state index in [1.807, 2.05) is 0 Å². The topological polar surface area (TPSA) is 113 Å². The number of hydrogen-bond acceptors (Lipinski definition) is 8. The minimum absolute atomic E-state index is 0.131. The van der Waals surface area contributed by atoms with Crippen molar-refractivity contribution >= 4 is 54.2 Å². The van der Waals surface area contributed by atoms with Gasteiger partial charge in [-0.05, 0) is 67.4 Å². The molecule has 1 unspecified atom stereocenters. The zero-order chi connectivity index (χ0) is 30.7. The van der Waals surface area contributed by atoms with Crippen molar-refractivity contribution in [3.8, 4) is 0 Å². The number of alkyl halides is 3. The Balaban J connectivity index is 1.36. The van der Waals surface area contributed by atoms with Crippen molar-refractivity contribution in [2.75, 3.05) is 18.4 Å². The summed E-state index contributed by atoms with van der Waals surface area (Å²) in [5.74, 6) is -0.321. The van der Waals surface area contributed by atoms with Gasteiger partial charge in [-0.2, -0.15) is 13.2 Å². The van der Waals surface area contributed by atoms with Gasteiger partial charge in [0.15, 0.2) is 0 Å². The van der Waals surface area contributed by atoms with Gasteiger partial charge in [0.05, 0.1) is 11.4 Å². The molecule has 1 aliphatic rings. The van der Waals surface area contributed by atoms with Crippen molar-refractivity contribution in [3.63, 3.8) is 0 Å². The number of halogens is 4. The fraction of sp³-hybridized carbons (Fsp3) is 0.296. The quantitative estimate of drug-likeness (QED) is 0.277. The molecular formula is C27H27ClF3N3O5S3. The van der Waals surface area contributed by atoms with Crippen molar-refractivity contribution < 1.29 is 34.8 Å². The molecule has 3 aromatic rings. The van der Waals surface area contributed by atoms with Crippen LogP contribution in [0, 0.1) is 0 Å². The fourth-order valence-corrected chi connectivity index (χ4v) is 8.53. The fourth-order valence-electron chi connectivity index (χ4n) is 4.49. The summed E-state index contributed by atoms with van der Waals surface area (Å²) < 4.78 is 89.4. The second kappa shape index (κ2) is 12.8. The Morgan fingerprint density at radius 1 is 1.07 bits per heavy atom. The van der Waals surface area contributed by atoms with E-state index in [1.54, 1.807) is 35.2 Å². The molecule has 0 aliphatic carbocycles. The lowest BCUT2D eigenvalue weighted by Crippen LogP contribution is -2.46. The molecule has 2 heterocycles. The number of benzene rings is 2. The molecule has 1 saturated heterocycles. The van der Waals surface area contributed by atoms with Gasteiger partial charge >= 0.3 is 5.51 Å².